The van der Waals surface area contributed by atoms with E-state index in [0.29, 0.717) is 70.5 Å². The topological polar surface area (TPSA) is 73.6 Å². The zero-order chi connectivity index (χ0) is 22.3. The largest absolute Gasteiger partial charge is 0.459 e. The Hall–Kier alpha value is -2.34. The van der Waals surface area contributed by atoms with E-state index in [-0.39, 0.29) is 35.7 Å². The Morgan fingerprint density at radius 1 is 1.09 bits per heavy atom. The van der Waals surface area contributed by atoms with Gasteiger partial charge in [-0.25, -0.2) is 9.38 Å². The number of carbonyl (C=O) groups is 1. The Balaban J connectivity index is 0.00000306. The predicted molar refractivity (Wildman–Crippen MR) is 136 cm³/mol. The third-order valence-corrected chi connectivity index (χ3v) is 5.71. The van der Waals surface area contributed by atoms with Crippen molar-refractivity contribution >= 4 is 41.5 Å². The molecule has 33 heavy (non-hydrogen) atoms. The number of carbonyl (C=O) groups excluding carboxylic acids is 1. The van der Waals surface area contributed by atoms with Crippen LogP contribution < -0.4 is 10.2 Å². The van der Waals surface area contributed by atoms with Gasteiger partial charge in [0.05, 0.1) is 31.7 Å². The summed E-state index contributed by atoms with van der Waals surface area (Å²) in [6, 6.07) is 8.73. The van der Waals surface area contributed by atoms with Crippen molar-refractivity contribution in [1.29, 1.82) is 0 Å². The summed E-state index contributed by atoms with van der Waals surface area (Å²) in [5, 5.41) is 3.31. The van der Waals surface area contributed by atoms with Gasteiger partial charge in [0.15, 0.2) is 11.7 Å². The second-order valence-corrected chi connectivity index (χ2v) is 7.81. The molecular formula is C23H31FIN5O3. The lowest BCUT2D eigenvalue weighted by molar-refractivity contribution is 0.0657. The number of guanidine groups is 1. The molecule has 4 rings (SSSR count). The molecule has 0 spiro atoms. The Morgan fingerprint density at radius 3 is 2.45 bits per heavy atom. The number of nitrogens with zero attached hydrogens (tertiary/aromatic N) is 4. The molecule has 0 radical (unpaired) electrons. The van der Waals surface area contributed by atoms with Crippen LogP contribution in [0.4, 0.5) is 10.1 Å². The number of halogens is 2. The standard InChI is InChI=1S/C23H30FN5O3.HI/c1-2-25-23(29-9-7-28(8-10-29)22(30)21-4-3-13-32-21)26-17-18-5-6-20(19(24)16-18)27-11-14-31-15-12-27;/h3-6,13,16H,2,7-12,14-15,17H2,1H3,(H,25,26);1H. The van der Waals surface area contributed by atoms with Crippen molar-refractivity contribution in [2.45, 2.75) is 13.5 Å². The second kappa shape index (κ2) is 12.2. The number of aliphatic imine (C=N–C) groups is 1. The van der Waals surface area contributed by atoms with Gasteiger partial charge in [-0.3, -0.25) is 4.79 Å². The van der Waals surface area contributed by atoms with E-state index in [4.69, 9.17) is 14.1 Å². The van der Waals surface area contributed by atoms with Gasteiger partial charge in [0.25, 0.3) is 5.91 Å². The minimum absolute atomic E-state index is 0. The van der Waals surface area contributed by atoms with Crippen LogP contribution in [0, 0.1) is 5.82 Å². The van der Waals surface area contributed by atoms with Gasteiger partial charge >= 0.3 is 0 Å². The van der Waals surface area contributed by atoms with E-state index in [2.05, 4.69) is 10.2 Å². The minimum Gasteiger partial charge on any atom is -0.459 e. The summed E-state index contributed by atoms with van der Waals surface area (Å²) in [6.45, 7) is 8.30. The Bertz CT molecular complexity index is 926. The maximum atomic E-state index is 14.7. The number of piperazine rings is 1. The van der Waals surface area contributed by atoms with Crippen molar-refractivity contribution in [2.24, 2.45) is 4.99 Å². The average molecular weight is 571 g/mol. The molecule has 0 atom stereocenters. The van der Waals surface area contributed by atoms with Gasteiger partial charge in [0.2, 0.25) is 0 Å². The molecule has 0 saturated carbocycles. The number of nitrogens with one attached hydrogen (secondary N) is 1. The molecule has 2 aliphatic rings. The van der Waals surface area contributed by atoms with Gasteiger partial charge in [-0.05, 0) is 36.8 Å². The fourth-order valence-corrected chi connectivity index (χ4v) is 3.98. The molecule has 0 bridgehead atoms. The highest BCUT2D eigenvalue weighted by Crippen LogP contribution is 2.22. The third kappa shape index (κ3) is 6.38. The van der Waals surface area contributed by atoms with Gasteiger partial charge < -0.3 is 29.2 Å². The number of ether oxygens (including phenoxy) is 1. The summed E-state index contributed by atoms with van der Waals surface area (Å²) in [5.41, 5.74) is 1.44. The van der Waals surface area contributed by atoms with Crippen LogP contribution in [0.3, 0.4) is 0 Å². The van der Waals surface area contributed by atoms with E-state index < -0.39 is 0 Å². The highest BCUT2D eigenvalue weighted by molar-refractivity contribution is 14.0. The summed E-state index contributed by atoms with van der Waals surface area (Å²) < 4.78 is 25.3. The van der Waals surface area contributed by atoms with E-state index in [1.807, 2.05) is 24.0 Å². The first kappa shape index (κ1) is 25.3. The predicted octanol–water partition coefficient (Wildman–Crippen LogP) is 2.80. The molecular weight excluding hydrogens is 540 g/mol. The maximum Gasteiger partial charge on any atom is 0.289 e. The molecule has 0 unspecified atom stereocenters. The molecule has 3 heterocycles. The smallest absolute Gasteiger partial charge is 0.289 e. The lowest BCUT2D eigenvalue weighted by Gasteiger charge is -2.36. The van der Waals surface area contributed by atoms with Crippen LogP contribution in [-0.4, -0.2) is 80.7 Å². The summed E-state index contributed by atoms with van der Waals surface area (Å²) in [4.78, 5) is 23.1. The lowest BCUT2D eigenvalue weighted by atomic mass is 10.1. The van der Waals surface area contributed by atoms with Crippen LogP contribution >= 0.6 is 24.0 Å². The third-order valence-electron chi connectivity index (χ3n) is 5.71. The van der Waals surface area contributed by atoms with Crippen molar-refractivity contribution in [2.75, 3.05) is 63.9 Å². The second-order valence-electron chi connectivity index (χ2n) is 7.81. The van der Waals surface area contributed by atoms with Gasteiger partial charge in [-0.15, -0.1) is 24.0 Å². The average Bonchev–Trinajstić information content (AvgIpc) is 3.37. The summed E-state index contributed by atoms with van der Waals surface area (Å²) in [7, 11) is 0. The molecule has 2 fully saturated rings. The number of furan rings is 1. The Kier molecular flexibility index (Phi) is 9.36. The van der Waals surface area contributed by atoms with Crippen molar-refractivity contribution in [3.05, 3.63) is 53.7 Å². The van der Waals surface area contributed by atoms with Gasteiger partial charge in [-0.2, -0.15) is 0 Å². The molecule has 2 aromatic rings. The Labute approximate surface area is 210 Å². The number of hydrogen-bond acceptors (Lipinski definition) is 5. The lowest BCUT2D eigenvalue weighted by Crippen LogP contribution is -2.53. The van der Waals surface area contributed by atoms with Gasteiger partial charge in [0.1, 0.15) is 5.82 Å². The molecule has 1 aromatic heterocycles. The fourth-order valence-electron chi connectivity index (χ4n) is 3.98. The van der Waals surface area contributed by atoms with Crippen molar-refractivity contribution < 1.29 is 18.3 Å². The molecule has 1 aromatic carbocycles. The summed E-state index contributed by atoms with van der Waals surface area (Å²) in [5.74, 6) is 0.818. The quantitative estimate of drug-likeness (QED) is 0.338. The summed E-state index contributed by atoms with van der Waals surface area (Å²) in [6.07, 6.45) is 1.51. The molecule has 2 saturated heterocycles. The first-order valence-electron chi connectivity index (χ1n) is 11.1. The van der Waals surface area contributed by atoms with E-state index >= 15 is 0 Å². The zero-order valence-corrected chi connectivity index (χ0v) is 21.2. The zero-order valence-electron chi connectivity index (χ0n) is 18.8. The number of rotatable bonds is 5. The maximum absolute atomic E-state index is 14.7. The van der Waals surface area contributed by atoms with E-state index in [9.17, 15) is 9.18 Å². The first-order valence-corrected chi connectivity index (χ1v) is 11.1. The molecule has 1 amide bonds. The van der Waals surface area contributed by atoms with Crippen molar-refractivity contribution in [3.63, 3.8) is 0 Å². The van der Waals surface area contributed by atoms with Crippen molar-refractivity contribution in [3.8, 4) is 0 Å². The van der Waals surface area contributed by atoms with Crippen molar-refractivity contribution in [1.82, 2.24) is 15.1 Å². The van der Waals surface area contributed by atoms with Crippen LogP contribution in [0.2, 0.25) is 0 Å². The number of benzene rings is 1. The molecule has 0 aliphatic carbocycles. The number of anilines is 1. The van der Waals surface area contributed by atoms with Crippen LogP contribution in [-0.2, 0) is 11.3 Å². The fraction of sp³-hybridized carbons (Fsp3) is 0.478. The van der Waals surface area contributed by atoms with Gasteiger partial charge in [-0.1, -0.05) is 6.07 Å². The SMILES string of the molecule is CCNC(=NCc1ccc(N2CCOCC2)c(F)c1)N1CCN(C(=O)c2ccco2)CC1.I. The number of hydrogen-bond donors (Lipinski definition) is 1. The van der Waals surface area contributed by atoms with Crippen LogP contribution in [0.15, 0.2) is 46.0 Å². The molecule has 8 nitrogen and oxygen atoms in total. The van der Waals surface area contributed by atoms with Gasteiger partial charge in [0, 0.05) is 45.8 Å². The summed E-state index contributed by atoms with van der Waals surface area (Å²) >= 11 is 0. The minimum atomic E-state index is -0.227. The van der Waals surface area contributed by atoms with Crippen LogP contribution in [0.1, 0.15) is 23.0 Å². The van der Waals surface area contributed by atoms with E-state index in [1.54, 1.807) is 23.1 Å². The van der Waals surface area contributed by atoms with Crippen LogP contribution in [0.25, 0.3) is 0 Å². The highest BCUT2D eigenvalue weighted by atomic mass is 127. The number of morpholine rings is 1. The number of amides is 1. The van der Waals surface area contributed by atoms with E-state index in [0.717, 1.165) is 18.1 Å². The van der Waals surface area contributed by atoms with E-state index in [1.165, 1.54) is 6.26 Å². The Morgan fingerprint density at radius 2 is 1.82 bits per heavy atom. The highest BCUT2D eigenvalue weighted by Gasteiger charge is 2.25. The van der Waals surface area contributed by atoms with Crippen LogP contribution in [0.5, 0.6) is 0 Å². The molecule has 180 valence electrons. The normalized spacial score (nSPS) is 17.0. The first-order chi connectivity index (χ1) is 15.7. The monoisotopic (exact) mass is 571 g/mol. The molecule has 1 N–H and O–H groups in total. The molecule has 2 aliphatic heterocycles. The molecule has 10 heteroatoms.